The lowest BCUT2D eigenvalue weighted by Crippen LogP contribution is -2.22. The van der Waals surface area contributed by atoms with Gasteiger partial charge in [-0.2, -0.15) is 9.78 Å². The fourth-order valence-corrected chi connectivity index (χ4v) is 4.52. The fourth-order valence-electron chi connectivity index (χ4n) is 4.16. The molecule has 0 saturated heterocycles. The van der Waals surface area contributed by atoms with Gasteiger partial charge in [-0.3, -0.25) is 4.79 Å². The van der Waals surface area contributed by atoms with Crippen LogP contribution in [0.25, 0.3) is 10.9 Å². The fraction of sp³-hybridized carbons (Fsp3) is 0.258. The zero-order valence-electron chi connectivity index (χ0n) is 22.0. The third-order valence-electron chi connectivity index (χ3n) is 5.99. The van der Waals surface area contributed by atoms with E-state index in [2.05, 4.69) is 65.7 Å². The van der Waals surface area contributed by atoms with E-state index in [9.17, 15) is 4.79 Å². The van der Waals surface area contributed by atoms with Gasteiger partial charge in [0, 0.05) is 16.5 Å². The van der Waals surface area contributed by atoms with Crippen molar-refractivity contribution in [1.82, 2.24) is 9.66 Å². The minimum atomic E-state index is -0.203. The Morgan fingerprint density at radius 3 is 2.58 bits per heavy atom. The molecule has 4 aromatic rings. The lowest BCUT2D eigenvalue weighted by molar-refractivity contribution is 0.267. The van der Waals surface area contributed by atoms with Gasteiger partial charge in [-0.05, 0) is 68.1 Å². The summed E-state index contributed by atoms with van der Waals surface area (Å²) in [5.74, 6) is 1.94. The van der Waals surface area contributed by atoms with Gasteiger partial charge >= 0.3 is 0 Å². The maximum Gasteiger partial charge on any atom is 0.282 e. The van der Waals surface area contributed by atoms with Crippen LogP contribution in [0.5, 0.6) is 11.5 Å². The Kier molecular flexibility index (Phi) is 9.13. The van der Waals surface area contributed by atoms with Crippen molar-refractivity contribution in [2.24, 2.45) is 5.10 Å². The predicted molar refractivity (Wildman–Crippen MR) is 158 cm³/mol. The van der Waals surface area contributed by atoms with Gasteiger partial charge in [0.05, 0.1) is 23.7 Å². The molecule has 3 aromatic carbocycles. The molecule has 1 heterocycles. The Hall–Kier alpha value is -3.71. The number of fused-ring (bicyclic) bond motifs is 1. The zero-order valence-corrected chi connectivity index (χ0v) is 23.6. The molecule has 0 radical (unpaired) electrons. The van der Waals surface area contributed by atoms with Crippen LogP contribution in [0, 0.1) is 6.92 Å². The van der Waals surface area contributed by atoms with Gasteiger partial charge < -0.3 is 9.47 Å². The highest BCUT2D eigenvalue weighted by Crippen LogP contribution is 2.34. The van der Waals surface area contributed by atoms with Gasteiger partial charge in [0.15, 0.2) is 11.5 Å². The van der Waals surface area contributed by atoms with Crippen molar-refractivity contribution in [2.75, 3.05) is 6.61 Å². The van der Waals surface area contributed by atoms with Gasteiger partial charge in [-0.1, -0.05) is 58.8 Å². The average Bonchev–Trinajstić information content (AvgIpc) is 2.90. The Labute approximate surface area is 231 Å². The second-order valence-electron chi connectivity index (χ2n) is 9.01. The minimum absolute atomic E-state index is 0.203. The molecule has 4 rings (SSSR count). The van der Waals surface area contributed by atoms with Crippen LogP contribution in [-0.4, -0.2) is 22.5 Å². The van der Waals surface area contributed by atoms with Crippen LogP contribution in [0.4, 0.5) is 0 Å². The van der Waals surface area contributed by atoms with Crippen molar-refractivity contribution >= 4 is 33.0 Å². The number of halogens is 1. The lowest BCUT2D eigenvalue weighted by atomic mass is 10.1. The third kappa shape index (κ3) is 6.40. The molecule has 0 N–H and O–H groups in total. The average molecular weight is 575 g/mol. The molecule has 0 aliphatic heterocycles. The summed E-state index contributed by atoms with van der Waals surface area (Å²) >= 11 is 3.45. The van der Waals surface area contributed by atoms with Gasteiger partial charge in [0.1, 0.15) is 12.4 Å². The van der Waals surface area contributed by atoms with Crippen molar-refractivity contribution in [2.45, 2.75) is 46.6 Å². The Bertz CT molecular complexity index is 1520. The second kappa shape index (κ2) is 12.7. The monoisotopic (exact) mass is 573 g/mol. The minimum Gasteiger partial charge on any atom is -0.490 e. The number of rotatable bonds is 11. The Morgan fingerprint density at radius 2 is 1.87 bits per heavy atom. The molecule has 7 heteroatoms. The van der Waals surface area contributed by atoms with Crippen LogP contribution in [0.1, 0.15) is 48.3 Å². The van der Waals surface area contributed by atoms with E-state index in [1.807, 2.05) is 37.3 Å². The highest BCUT2D eigenvalue weighted by Gasteiger charge is 2.14. The van der Waals surface area contributed by atoms with Crippen molar-refractivity contribution in [3.63, 3.8) is 0 Å². The van der Waals surface area contributed by atoms with E-state index in [0.29, 0.717) is 54.3 Å². The highest BCUT2D eigenvalue weighted by molar-refractivity contribution is 9.10. The van der Waals surface area contributed by atoms with Gasteiger partial charge in [0.2, 0.25) is 0 Å². The Morgan fingerprint density at radius 1 is 1.08 bits per heavy atom. The first-order valence-electron chi connectivity index (χ1n) is 12.8. The molecule has 0 aliphatic carbocycles. The van der Waals surface area contributed by atoms with Crippen LogP contribution in [0.15, 0.2) is 81.6 Å². The quantitative estimate of drug-likeness (QED) is 0.143. The van der Waals surface area contributed by atoms with Gasteiger partial charge in [-0.15, -0.1) is 6.58 Å². The number of hydrogen-bond acceptors (Lipinski definition) is 5. The SMILES string of the molecule is C=CCc1cc(C=Nn2c(CCC)nc3ccc(Br)cc3c2=O)cc(OCC)c1OCc1ccc(C)cc1. The maximum absolute atomic E-state index is 13.4. The number of benzene rings is 3. The normalized spacial score (nSPS) is 11.3. The molecule has 38 heavy (non-hydrogen) atoms. The molecule has 0 fully saturated rings. The second-order valence-corrected chi connectivity index (χ2v) is 9.92. The van der Waals surface area contributed by atoms with E-state index in [4.69, 9.17) is 14.5 Å². The van der Waals surface area contributed by atoms with Crippen molar-refractivity contribution < 1.29 is 9.47 Å². The number of aryl methyl sites for hydroxylation is 2. The predicted octanol–water partition coefficient (Wildman–Crippen LogP) is 7.01. The number of allylic oxidation sites excluding steroid dienone is 1. The number of ether oxygens (including phenoxy) is 2. The van der Waals surface area contributed by atoms with E-state index in [1.165, 1.54) is 10.2 Å². The summed E-state index contributed by atoms with van der Waals surface area (Å²) in [7, 11) is 0. The first-order chi connectivity index (χ1) is 18.4. The molecule has 6 nitrogen and oxygen atoms in total. The third-order valence-corrected chi connectivity index (χ3v) is 6.49. The van der Waals surface area contributed by atoms with Crippen LogP contribution in [0.2, 0.25) is 0 Å². The van der Waals surface area contributed by atoms with E-state index < -0.39 is 0 Å². The standard InChI is InChI=1S/C31H32BrN3O3/c1-5-8-24-16-23(17-28(37-7-3)30(24)38-20-22-12-10-21(4)11-13-22)19-33-35-29(9-6-2)34-27-15-14-25(32)18-26(27)31(35)36/h5,10-19H,1,6-9,20H2,2-4H3. The number of hydrogen-bond donors (Lipinski definition) is 0. The molecule has 0 bridgehead atoms. The molecule has 196 valence electrons. The summed E-state index contributed by atoms with van der Waals surface area (Å²) < 4.78 is 14.4. The first-order valence-corrected chi connectivity index (χ1v) is 13.6. The zero-order chi connectivity index (χ0) is 27.1. The summed E-state index contributed by atoms with van der Waals surface area (Å²) in [6, 6.07) is 17.7. The first kappa shape index (κ1) is 27.3. The molecular weight excluding hydrogens is 542 g/mol. The summed E-state index contributed by atoms with van der Waals surface area (Å²) in [5, 5.41) is 5.10. The van der Waals surface area contributed by atoms with Crippen molar-refractivity contribution in [3.05, 3.63) is 110 Å². The summed E-state index contributed by atoms with van der Waals surface area (Å²) in [6.07, 6.45) is 5.58. The summed E-state index contributed by atoms with van der Waals surface area (Å²) in [5.41, 5.74) is 4.46. The lowest BCUT2D eigenvalue weighted by Gasteiger charge is -2.17. The largest absolute Gasteiger partial charge is 0.490 e. The van der Waals surface area contributed by atoms with Crippen LogP contribution in [-0.2, 0) is 19.4 Å². The smallest absolute Gasteiger partial charge is 0.282 e. The molecule has 0 unspecified atom stereocenters. The van der Waals surface area contributed by atoms with Gasteiger partial charge in [0.25, 0.3) is 5.56 Å². The van der Waals surface area contributed by atoms with Gasteiger partial charge in [-0.25, -0.2) is 4.98 Å². The summed E-state index contributed by atoms with van der Waals surface area (Å²) in [4.78, 5) is 18.1. The number of nitrogens with zero attached hydrogens (tertiary/aromatic N) is 3. The molecule has 0 saturated carbocycles. The van der Waals surface area contributed by atoms with Crippen molar-refractivity contribution in [3.8, 4) is 11.5 Å². The molecule has 1 aromatic heterocycles. The number of aromatic nitrogens is 2. The highest BCUT2D eigenvalue weighted by atomic mass is 79.9. The molecule has 0 spiro atoms. The van der Waals surface area contributed by atoms with E-state index in [-0.39, 0.29) is 5.56 Å². The van der Waals surface area contributed by atoms with E-state index in [1.54, 1.807) is 12.3 Å². The molecule has 0 aliphatic rings. The van der Waals surface area contributed by atoms with Crippen LogP contribution in [0.3, 0.4) is 0 Å². The van der Waals surface area contributed by atoms with E-state index in [0.717, 1.165) is 27.6 Å². The topological polar surface area (TPSA) is 65.7 Å². The van der Waals surface area contributed by atoms with Crippen LogP contribution < -0.4 is 15.0 Å². The molecule has 0 amide bonds. The Balaban J connectivity index is 1.74. The molecular formula is C31H32BrN3O3. The van der Waals surface area contributed by atoms with Crippen molar-refractivity contribution in [1.29, 1.82) is 0 Å². The van der Waals surface area contributed by atoms with E-state index >= 15 is 0 Å². The summed E-state index contributed by atoms with van der Waals surface area (Å²) in [6.45, 7) is 10.9. The molecule has 0 atom stereocenters. The maximum atomic E-state index is 13.4. The van der Waals surface area contributed by atoms with Crippen LogP contribution >= 0.6 is 15.9 Å².